The molecule has 0 aliphatic rings. The van der Waals surface area contributed by atoms with Crippen molar-refractivity contribution in [3.05, 3.63) is 40.4 Å². The summed E-state index contributed by atoms with van der Waals surface area (Å²) in [6.45, 7) is 5.20. The molecule has 0 aliphatic heterocycles. The molecule has 0 unspecified atom stereocenters. The molecule has 88 valence electrons. The third-order valence-electron chi connectivity index (χ3n) is 1.83. The number of rotatable bonds is 4. The van der Waals surface area contributed by atoms with Crippen LogP contribution < -0.4 is 4.72 Å². The van der Waals surface area contributed by atoms with Gasteiger partial charge in [0.1, 0.15) is 4.90 Å². The van der Waals surface area contributed by atoms with Crippen LogP contribution in [0.15, 0.2) is 34.7 Å². The topological polar surface area (TPSA) is 46.2 Å². The minimum atomic E-state index is -3.63. The maximum Gasteiger partial charge on any atom is 0.242 e. The van der Waals surface area contributed by atoms with Crippen LogP contribution in [0.4, 0.5) is 0 Å². The van der Waals surface area contributed by atoms with Crippen molar-refractivity contribution < 1.29 is 8.42 Å². The van der Waals surface area contributed by atoms with Crippen LogP contribution in [0.3, 0.4) is 0 Å². The zero-order valence-electron chi connectivity index (χ0n) is 8.63. The number of benzene rings is 1. The Morgan fingerprint density at radius 2 is 2.12 bits per heavy atom. The third-order valence-corrected chi connectivity index (χ3v) is 3.85. The normalized spacial score (nSPS) is 11.4. The lowest BCUT2D eigenvalue weighted by molar-refractivity contribution is 0.585. The molecule has 0 saturated heterocycles. The Labute approximate surface area is 105 Å². The van der Waals surface area contributed by atoms with Crippen LogP contribution in [-0.4, -0.2) is 15.0 Å². The van der Waals surface area contributed by atoms with Gasteiger partial charge in [-0.2, -0.15) is 0 Å². The number of aryl methyl sites for hydroxylation is 1. The van der Waals surface area contributed by atoms with E-state index < -0.39 is 10.0 Å². The molecule has 0 bridgehead atoms. The fraction of sp³-hybridized carbons (Fsp3) is 0.200. The van der Waals surface area contributed by atoms with Crippen LogP contribution in [0, 0.1) is 6.92 Å². The van der Waals surface area contributed by atoms with Gasteiger partial charge in [-0.3, -0.25) is 0 Å². The highest BCUT2D eigenvalue weighted by molar-refractivity contribution is 7.89. The molecule has 6 heteroatoms. The van der Waals surface area contributed by atoms with Crippen molar-refractivity contribution in [1.29, 1.82) is 0 Å². The summed E-state index contributed by atoms with van der Waals surface area (Å²) >= 11 is 11.3. The number of nitrogens with one attached hydrogen (secondary N) is 1. The van der Waals surface area contributed by atoms with Crippen LogP contribution in [0.1, 0.15) is 5.56 Å². The molecule has 0 radical (unpaired) electrons. The van der Waals surface area contributed by atoms with Crippen molar-refractivity contribution >= 4 is 33.2 Å². The first-order valence-corrected chi connectivity index (χ1v) is 6.66. The summed E-state index contributed by atoms with van der Waals surface area (Å²) in [5.74, 6) is 0. The average Bonchev–Trinajstić information content (AvgIpc) is 2.14. The molecular weight excluding hydrogens is 269 g/mol. The standard InChI is InChI=1S/C10H11Cl2NO2S/c1-7-3-4-10(9(12)5-7)16(14,15)13-6-8(2)11/h3-5,13H,2,6H2,1H3. The van der Waals surface area contributed by atoms with Gasteiger partial charge in [-0.25, -0.2) is 13.1 Å². The third kappa shape index (κ3) is 3.49. The molecule has 3 nitrogen and oxygen atoms in total. The van der Waals surface area contributed by atoms with E-state index in [-0.39, 0.29) is 21.5 Å². The Morgan fingerprint density at radius 1 is 1.50 bits per heavy atom. The van der Waals surface area contributed by atoms with Gasteiger partial charge in [0, 0.05) is 11.6 Å². The van der Waals surface area contributed by atoms with Gasteiger partial charge in [0.2, 0.25) is 10.0 Å². The van der Waals surface area contributed by atoms with E-state index in [1.807, 2.05) is 6.92 Å². The SMILES string of the molecule is C=C(Cl)CNS(=O)(=O)c1ccc(C)cc1Cl. The summed E-state index contributed by atoms with van der Waals surface area (Å²) in [6, 6.07) is 4.72. The molecule has 0 aliphatic carbocycles. The molecule has 0 fully saturated rings. The quantitative estimate of drug-likeness (QED) is 0.921. The molecule has 0 amide bonds. The van der Waals surface area contributed by atoms with Gasteiger partial charge in [-0.1, -0.05) is 35.8 Å². The van der Waals surface area contributed by atoms with Crippen LogP contribution in [0.25, 0.3) is 0 Å². The van der Waals surface area contributed by atoms with Crippen molar-refractivity contribution in [3.63, 3.8) is 0 Å². The number of sulfonamides is 1. The molecule has 0 saturated carbocycles. The molecule has 1 aromatic rings. The minimum Gasteiger partial charge on any atom is -0.207 e. The monoisotopic (exact) mass is 279 g/mol. The number of halogens is 2. The summed E-state index contributed by atoms with van der Waals surface area (Å²) in [5, 5.41) is 0.402. The van der Waals surface area contributed by atoms with Gasteiger partial charge in [-0.05, 0) is 24.6 Å². The molecule has 0 atom stereocenters. The lowest BCUT2D eigenvalue weighted by Crippen LogP contribution is -2.25. The van der Waals surface area contributed by atoms with E-state index >= 15 is 0 Å². The van der Waals surface area contributed by atoms with E-state index in [4.69, 9.17) is 23.2 Å². The lowest BCUT2D eigenvalue weighted by atomic mass is 10.2. The maximum atomic E-state index is 11.8. The summed E-state index contributed by atoms with van der Waals surface area (Å²) in [6.07, 6.45) is 0. The fourth-order valence-electron chi connectivity index (χ4n) is 1.07. The molecule has 0 spiro atoms. The zero-order valence-corrected chi connectivity index (χ0v) is 11.0. The van der Waals surface area contributed by atoms with Crippen LogP contribution in [-0.2, 0) is 10.0 Å². The van der Waals surface area contributed by atoms with Crippen molar-refractivity contribution in [2.45, 2.75) is 11.8 Å². The second-order valence-electron chi connectivity index (χ2n) is 3.28. The molecule has 16 heavy (non-hydrogen) atoms. The molecule has 1 aromatic carbocycles. The second kappa shape index (κ2) is 5.19. The van der Waals surface area contributed by atoms with Gasteiger partial charge in [-0.15, -0.1) is 0 Å². The van der Waals surface area contributed by atoms with Gasteiger partial charge >= 0.3 is 0 Å². The van der Waals surface area contributed by atoms with E-state index in [9.17, 15) is 8.42 Å². The number of hydrogen-bond acceptors (Lipinski definition) is 2. The first-order chi connectivity index (χ1) is 7.33. The van der Waals surface area contributed by atoms with Crippen LogP contribution in [0.2, 0.25) is 5.02 Å². The molecule has 0 heterocycles. The first-order valence-electron chi connectivity index (χ1n) is 4.42. The summed E-state index contributed by atoms with van der Waals surface area (Å²) < 4.78 is 25.8. The highest BCUT2D eigenvalue weighted by Gasteiger charge is 2.17. The van der Waals surface area contributed by atoms with E-state index in [2.05, 4.69) is 11.3 Å². The van der Waals surface area contributed by atoms with Crippen molar-refractivity contribution in [1.82, 2.24) is 4.72 Å². The maximum absolute atomic E-state index is 11.8. The van der Waals surface area contributed by atoms with Gasteiger partial charge in [0.15, 0.2) is 0 Å². The highest BCUT2D eigenvalue weighted by Crippen LogP contribution is 2.22. The second-order valence-corrected chi connectivity index (χ2v) is 5.95. The fourth-order valence-corrected chi connectivity index (χ4v) is 2.84. The molecule has 1 rings (SSSR count). The summed E-state index contributed by atoms with van der Waals surface area (Å²) in [7, 11) is -3.63. The van der Waals surface area contributed by atoms with Crippen LogP contribution >= 0.6 is 23.2 Å². The largest absolute Gasteiger partial charge is 0.242 e. The molecule has 0 aromatic heterocycles. The van der Waals surface area contributed by atoms with E-state index in [1.165, 1.54) is 6.07 Å². The predicted molar refractivity (Wildman–Crippen MR) is 66.4 cm³/mol. The Morgan fingerprint density at radius 3 is 2.62 bits per heavy atom. The minimum absolute atomic E-state index is 0.0197. The Balaban J connectivity index is 3.03. The van der Waals surface area contributed by atoms with Crippen molar-refractivity contribution in [3.8, 4) is 0 Å². The van der Waals surface area contributed by atoms with Crippen LogP contribution in [0.5, 0.6) is 0 Å². The van der Waals surface area contributed by atoms with Gasteiger partial charge < -0.3 is 0 Å². The van der Waals surface area contributed by atoms with E-state index in [1.54, 1.807) is 12.1 Å². The van der Waals surface area contributed by atoms with Gasteiger partial charge in [0.25, 0.3) is 0 Å². The molecule has 1 N–H and O–H groups in total. The zero-order chi connectivity index (χ0) is 12.3. The average molecular weight is 280 g/mol. The van der Waals surface area contributed by atoms with E-state index in [0.717, 1.165) is 5.56 Å². The number of hydrogen-bond donors (Lipinski definition) is 1. The van der Waals surface area contributed by atoms with Crippen molar-refractivity contribution in [2.75, 3.05) is 6.54 Å². The van der Waals surface area contributed by atoms with Crippen molar-refractivity contribution in [2.24, 2.45) is 0 Å². The lowest BCUT2D eigenvalue weighted by Gasteiger charge is -2.07. The smallest absolute Gasteiger partial charge is 0.207 e. The highest BCUT2D eigenvalue weighted by atomic mass is 35.5. The Bertz CT molecular complexity index is 512. The Hall–Kier alpha value is -0.550. The van der Waals surface area contributed by atoms with Gasteiger partial charge in [0.05, 0.1) is 5.02 Å². The molecular formula is C10H11Cl2NO2S. The predicted octanol–water partition coefficient (Wildman–Crippen LogP) is 2.68. The first kappa shape index (κ1) is 13.5. The summed E-state index contributed by atoms with van der Waals surface area (Å²) in [5.41, 5.74) is 0.894. The van der Waals surface area contributed by atoms with E-state index in [0.29, 0.717) is 0 Å². The Kier molecular flexibility index (Phi) is 4.38. The summed E-state index contributed by atoms with van der Waals surface area (Å²) in [4.78, 5) is 0.0395.